The van der Waals surface area contributed by atoms with Crippen LogP contribution in [0.15, 0.2) is 28.9 Å². The topological polar surface area (TPSA) is 34.1 Å². The van der Waals surface area contributed by atoms with E-state index < -0.39 is 0 Å². The number of hydrogen-bond donors (Lipinski definition) is 1. The average molecular weight is 355 g/mol. The fraction of sp³-hybridized carbons (Fsp3) is 0.400. The van der Waals surface area contributed by atoms with E-state index in [2.05, 4.69) is 59.1 Å². The minimum absolute atomic E-state index is 0.240. The van der Waals surface area contributed by atoms with E-state index in [-0.39, 0.29) is 12.1 Å². The van der Waals surface area contributed by atoms with Crippen molar-refractivity contribution in [2.24, 2.45) is 0 Å². The lowest BCUT2D eigenvalue weighted by molar-refractivity contribution is 0.411. The fourth-order valence-electron chi connectivity index (χ4n) is 2.07. The molecule has 2 rings (SSSR count). The van der Waals surface area contributed by atoms with Gasteiger partial charge in [-0.05, 0) is 54.4 Å². The molecule has 0 fully saturated rings. The molecular formula is C15H19BrN2OS. The van der Waals surface area contributed by atoms with Crippen LogP contribution in [0.25, 0.3) is 0 Å². The van der Waals surface area contributed by atoms with Crippen LogP contribution in [0.5, 0.6) is 5.75 Å². The summed E-state index contributed by atoms with van der Waals surface area (Å²) in [6.07, 6.45) is 1.92. The van der Waals surface area contributed by atoms with E-state index in [9.17, 15) is 0 Å². The first-order chi connectivity index (χ1) is 9.51. The second kappa shape index (κ2) is 6.70. The number of methoxy groups -OCH3 is 1. The minimum atomic E-state index is 0.240. The van der Waals surface area contributed by atoms with Gasteiger partial charge in [0.25, 0.3) is 0 Å². The van der Waals surface area contributed by atoms with Crippen molar-refractivity contribution in [1.29, 1.82) is 0 Å². The SMILES string of the molecule is COc1ccc(C(C)NC(C)c2ncc(C)s2)cc1Br. The van der Waals surface area contributed by atoms with Crippen LogP contribution in [-0.4, -0.2) is 12.1 Å². The van der Waals surface area contributed by atoms with Gasteiger partial charge in [-0.15, -0.1) is 11.3 Å². The molecule has 0 saturated heterocycles. The lowest BCUT2D eigenvalue weighted by Crippen LogP contribution is -2.22. The van der Waals surface area contributed by atoms with Gasteiger partial charge in [0.1, 0.15) is 10.8 Å². The fourth-order valence-corrected chi connectivity index (χ4v) is 3.41. The van der Waals surface area contributed by atoms with Gasteiger partial charge in [-0.3, -0.25) is 0 Å². The summed E-state index contributed by atoms with van der Waals surface area (Å²) in [6.45, 7) is 6.39. The molecule has 1 aromatic heterocycles. The number of thiazole rings is 1. The maximum Gasteiger partial charge on any atom is 0.133 e. The van der Waals surface area contributed by atoms with Crippen molar-refractivity contribution in [3.05, 3.63) is 44.3 Å². The number of hydrogen-bond acceptors (Lipinski definition) is 4. The van der Waals surface area contributed by atoms with Crippen LogP contribution in [-0.2, 0) is 0 Å². The van der Waals surface area contributed by atoms with Crippen LogP contribution < -0.4 is 10.1 Å². The summed E-state index contributed by atoms with van der Waals surface area (Å²) in [5.74, 6) is 0.851. The molecule has 0 aliphatic carbocycles. The van der Waals surface area contributed by atoms with Gasteiger partial charge in [0.05, 0.1) is 17.6 Å². The predicted octanol–water partition coefficient (Wildman–Crippen LogP) is 4.63. The van der Waals surface area contributed by atoms with Crippen molar-refractivity contribution in [3.63, 3.8) is 0 Å². The number of benzene rings is 1. The third-order valence-corrected chi connectivity index (χ3v) is 4.90. The van der Waals surface area contributed by atoms with Crippen molar-refractivity contribution >= 4 is 27.3 Å². The summed E-state index contributed by atoms with van der Waals surface area (Å²) >= 11 is 5.27. The first kappa shape index (κ1) is 15.5. The number of ether oxygens (including phenoxy) is 1. The zero-order valence-electron chi connectivity index (χ0n) is 12.1. The Labute approximate surface area is 132 Å². The highest BCUT2D eigenvalue weighted by atomic mass is 79.9. The van der Waals surface area contributed by atoms with Crippen LogP contribution in [0.1, 0.15) is 41.4 Å². The highest BCUT2D eigenvalue weighted by Gasteiger charge is 2.14. The van der Waals surface area contributed by atoms with E-state index in [4.69, 9.17) is 4.74 Å². The molecule has 1 heterocycles. The Hall–Kier alpha value is -0.910. The number of halogens is 1. The van der Waals surface area contributed by atoms with Gasteiger partial charge in [0, 0.05) is 17.1 Å². The lowest BCUT2D eigenvalue weighted by atomic mass is 10.1. The standard InChI is InChI=1S/C15H19BrN2OS/c1-9-8-17-15(20-9)11(3)18-10(2)12-5-6-14(19-4)13(16)7-12/h5-8,10-11,18H,1-4H3. The van der Waals surface area contributed by atoms with Crippen LogP contribution in [0.3, 0.4) is 0 Å². The molecule has 0 saturated carbocycles. The third-order valence-electron chi connectivity index (χ3n) is 3.19. The van der Waals surface area contributed by atoms with Gasteiger partial charge in [-0.25, -0.2) is 4.98 Å². The second-order valence-electron chi connectivity index (χ2n) is 4.81. The molecule has 0 spiro atoms. The number of nitrogens with zero attached hydrogens (tertiary/aromatic N) is 1. The van der Waals surface area contributed by atoms with Gasteiger partial charge >= 0.3 is 0 Å². The quantitative estimate of drug-likeness (QED) is 0.849. The molecular weight excluding hydrogens is 336 g/mol. The predicted molar refractivity (Wildman–Crippen MR) is 87.5 cm³/mol. The zero-order valence-corrected chi connectivity index (χ0v) is 14.5. The maximum absolute atomic E-state index is 5.26. The Kier molecular flexibility index (Phi) is 5.18. The van der Waals surface area contributed by atoms with E-state index in [1.807, 2.05) is 12.3 Å². The summed E-state index contributed by atoms with van der Waals surface area (Å²) in [5, 5.41) is 4.70. The molecule has 2 atom stereocenters. The van der Waals surface area contributed by atoms with Crippen molar-refractivity contribution in [3.8, 4) is 5.75 Å². The van der Waals surface area contributed by atoms with Gasteiger partial charge in [0.2, 0.25) is 0 Å². The van der Waals surface area contributed by atoms with E-state index in [1.165, 1.54) is 10.4 Å². The molecule has 2 aromatic rings. The van der Waals surface area contributed by atoms with Crippen molar-refractivity contribution in [1.82, 2.24) is 10.3 Å². The summed E-state index contributed by atoms with van der Waals surface area (Å²) in [6, 6.07) is 6.65. The molecule has 5 heteroatoms. The van der Waals surface area contributed by atoms with Crippen molar-refractivity contribution < 1.29 is 4.74 Å². The Morgan fingerprint density at radius 2 is 2.05 bits per heavy atom. The summed E-state index contributed by atoms with van der Waals surface area (Å²) < 4.78 is 6.23. The number of aromatic nitrogens is 1. The molecule has 3 nitrogen and oxygen atoms in total. The summed E-state index contributed by atoms with van der Waals surface area (Å²) in [5.41, 5.74) is 1.22. The van der Waals surface area contributed by atoms with Gasteiger partial charge in [0.15, 0.2) is 0 Å². The molecule has 0 amide bonds. The largest absolute Gasteiger partial charge is 0.496 e. The van der Waals surface area contributed by atoms with Crippen molar-refractivity contribution in [2.45, 2.75) is 32.9 Å². The van der Waals surface area contributed by atoms with E-state index >= 15 is 0 Å². The van der Waals surface area contributed by atoms with E-state index in [1.54, 1.807) is 18.4 Å². The summed E-state index contributed by atoms with van der Waals surface area (Å²) in [7, 11) is 1.67. The average Bonchev–Trinajstić information content (AvgIpc) is 2.85. The molecule has 0 aliphatic rings. The number of nitrogens with one attached hydrogen (secondary N) is 1. The van der Waals surface area contributed by atoms with Crippen LogP contribution in [0.2, 0.25) is 0 Å². The zero-order chi connectivity index (χ0) is 14.7. The highest BCUT2D eigenvalue weighted by Crippen LogP contribution is 2.29. The smallest absolute Gasteiger partial charge is 0.133 e. The number of aryl methyl sites for hydroxylation is 1. The Morgan fingerprint density at radius 3 is 2.60 bits per heavy atom. The molecule has 2 unspecified atom stereocenters. The molecule has 0 radical (unpaired) electrons. The lowest BCUT2D eigenvalue weighted by Gasteiger charge is -2.19. The Bertz CT molecular complexity index is 585. The highest BCUT2D eigenvalue weighted by molar-refractivity contribution is 9.10. The first-order valence-electron chi connectivity index (χ1n) is 6.53. The normalized spacial score (nSPS) is 14.1. The van der Waals surface area contributed by atoms with Gasteiger partial charge in [-0.2, -0.15) is 0 Å². The van der Waals surface area contributed by atoms with E-state index in [0.717, 1.165) is 15.2 Å². The molecule has 1 N–H and O–H groups in total. The Balaban J connectivity index is 2.07. The van der Waals surface area contributed by atoms with Gasteiger partial charge in [-0.1, -0.05) is 6.07 Å². The second-order valence-corrected chi connectivity index (χ2v) is 6.93. The van der Waals surface area contributed by atoms with Crippen LogP contribution in [0.4, 0.5) is 0 Å². The molecule has 1 aromatic carbocycles. The number of rotatable bonds is 5. The minimum Gasteiger partial charge on any atom is -0.496 e. The molecule has 20 heavy (non-hydrogen) atoms. The Morgan fingerprint density at radius 1 is 1.30 bits per heavy atom. The summed E-state index contributed by atoms with van der Waals surface area (Å²) in [4.78, 5) is 5.68. The van der Waals surface area contributed by atoms with Crippen molar-refractivity contribution in [2.75, 3.05) is 7.11 Å². The van der Waals surface area contributed by atoms with Crippen LogP contribution in [0, 0.1) is 6.92 Å². The third kappa shape index (κ3) is 3.59. The van der Waals surface area contributed by atoms with E-state index in [0.29, 0.717) is 0 Å². The molecule has 0 bridgehead atoms. The first-order valence-corrected chi connectivity index (χ1v) is 8.14. The molecule has 0 aliphatic heterocycles. The van der Waals surface area contributed by atoms with Crippen LogP contribution >= 0.6 is 27.3 Å². The molecule has 108 valence electrons. The van der Waals surface area contributed by atoms with Gasteiger partial charge < -0.3 is 10.1 Å². The maximum atomic E-state index is 5.26. The monoisotopic (exact) mass is 354 g/mol.